The largest absolute Gasteiger partial charge is 0.481 e. The second-order valence-corrected chi connectivity index (χ2v) is 4.74. The first-order valence-corrected chi connectivity index (χ1v) is 6.26. The molecule has 0 aromatic heterocycles. The third kappa shape index (κ3) is 4.56. The van der Waals surface area contributed by atoms with Crippen LogP contribution in [0, 0.1) is 5.92 Å². The summed E-state index contributed by atoms with van der Waals surface area (Å²) >= 11 is 0. The predicted molar refractivity (Wildman–Crippen MR) is 56.1 cm³/mol. The quantitative estimate of drug-likeness (QED) is 0.349. The molecule has 0 aromatic carbocycles. The lowest BCUT2D eigenvalue weighted by atomic mass is 10.1. The molecular weight excluding hydrogens is 208 g/mol. The van der Waals surface area contributed by atoms with Gasteiger partial charge >= 0.3 is 5.97 Å². The van der Waals surface area contributed by atoms with E-state index in [0.29, 0.717) is 13.0 Å². The SMILES string of the molecule is O=C(O)C1C/C=C/CSSNNC1. The number of carbonyl (C=O) groups is 1. The maximum atomic E-state index is 10.7. The lowest BCUT2D eigenvalue weighted by Crippen LogP contribution is -2.34. The summed E-state index contributed by atoms with van der Waals surface area (Å²) in [5, 5.41) is 8.80. The van der Waals surface area contributed by atoms with Gasteiger partial charge in [0.1, 0.15) is 0 Å². The van der Waals surface area contributed by atoms with Crippen LogP contribution >= 0.6 is 21.8 Å². The van der Waals surface area contributed by atoms with E-state index in [1.165, 1.54) is 11.0 Å². The van der Waals surface area contributed by atoms with Gasteiger partial charge in [-0.2, -0.15) is 4.83 Å². The summed E-state index contributed by atoms with van der Waals surface area (Å²) in [6.45, 7) is 0.452. The van der Waals surface area contributed by atoms with Crippen molar-refractivity contribution in [1.82, 2.24) is 10.3 Å². The molecule has 6 heteroatoms. The van der Waals surface area contributed by atoms with E-state index in [4.69, 9.17) is 5.11 Å². The van der Waals surface area contributed by atoms with E-state index in [-0.39, 0.29) is 5.92 Å². The van der Waals surface area contributed by atoms with Gasteiger partial charge in [-0.15, -0.1) is 0 Å². The maximum Gasteiger partial charge on any atom is 0.308 e. The van der Waals surface area contributed by atoms with Crippen molar-refractivity contribution in [3.8, 4) is 0 Å². The molecule has 0 fully saturated rings. The molecule has 0 aliphatic carbocycles. The van der Waals surface area contributed by atoms with Gasteiger partial charge in [-0.3, -0.25) is 4.79 Å². The smallest absolute Gasteiger partial charge is 0.308 e. The Morgan fingerprint density at radius 2 is 2.38 bits per heavy atom. The minimum Gasteiger partial charge on any atom is -0.481 e. The number of carboxylic acid groups (broad SMARTS) is 1. The van der Waals surface area contributed by atoms with Gasteiger partial charge in [-0.1, -0.05) is 22.9 Å². The fourth-order valence-electron chi connectivity index (χ4n) is 0.897. The molecule has 1 atom stereocenters. The molecule has 1 aliphatic heterocycles. The first-order chi connectivity index (χ1) is 6.30. The minimum atomic E-state index is -0.753. The van der Waals surface area contributed by atoms with E-state index >= 15 is 0 Å². The summed E-state index contributed by atoms with van der Waals surface area (Å²) in [6.07, 6.45) is 4.52. The highest BCUT2D eigenvalue weighted by molar-refractivity contribution is 8.76. The predicted octanol–water partition coefficient (Wildman–Crippen LogP) is 1.04. The Hall–Kier alpha value is -0.170. The average molecular weight is 220 g/mol. The zero-order valence-corrected chi connectivity index (χ0v) is 8.66. The lowest BCUT2D eigenvalue weighted by molar-refractivity contribution is -0.141. The summed E-state index contributed by atoms with van der Waals surface area (Å²) in [5.74, 6) is -0.198. The molecule has 13 heavy (non-hydrogen) atoms. The first kappa shape index (κ1) is 10.9. The van der Waals surface area contributed by atoms with Crippen LogP contribution in [0.2, 0.25) is 0 Å². The lowest BCUT2D eigenvalue weighted by Gasteiger charge is -2.12. The topological polar surface area (TPSA) is 61.4 Å². The highest BCUT2D eigenvalue weighted by atomic mass is 33.1. The number of aliphatic carboxylic acids is 1. The molecule has 1 unspecified atom stereocenters. The highest BCUT2D eigenvalue weighted by Crippen LogP contribution is 2.17. The van der Waals surface area contributed by atoms with Crippen LogP contribution in [0.1, 0.15) is 6.42 Å². The van der Waals surface area contributed by atoms with Gasteiger partial charge in [0, 0.05) is 23.3 Å². The zero-order chi connectivity index (χ0) is 9.52. The second kappa shape index (κ2) is 6.31. The van der Waals surface area contributed by atoms with Crippen LogP contribution in [0.15, 0.2) is 12.2 Å². The molecule has 0 saturated carbocycles. The number of rotatable bonds is 1. The first-order valence-electron chi connectivity index (χ1n) is 3.95. The Morgan fingerprint density at radius 1 is 1.54 bits per heavy atom. The molecule has 0 aromatic rings. The van der Waals surface area contributed by atoms with E-state index < -0.39 is 5.97 Å². The van der Waals surface area contributed by atoms with E-state index in [1.54, 1.807) is 10.8 Å². The monoisotopic (exact) mass is 220 g/mol. The molecular formula is C7H12N2O2S2. The number of hydrogen-bond donors (Lipinski definition) is 3. The number of carboxylic acids is 1. The Bertz CT molecular complexity index is 199. The molecule has 3 N–H and O–H groups in total. The maximum absolute atomic E-state index is 10.7. The van der Waals surface area contributed by atoms with Crippen LogP contribution in [-0.4, -0.2) is 23.4 Å². The third-order valence-electron chi connectivity index (χ3n) is 1.62. The molecule has 0 saturated heterocycles. The van der Waals surface area contributed by atoms with Crippen molar-refractivity contribution in [3.63, 3.8) is 0 Å². The van der Waals surface area contributed by atoms with Crippen molar-refractivity contribution >= 4 is 27.7 Å². The molecule has 4 nitrogen and oxygen atoms in total. The Kier molecular flexibility index (Phi) is 5.29. The normalized spacial score (nSPS) is 27.8. The molecule has 1 rings (SSSR count). The third-order valence-corrected chi connectivity index (χ3v) is 3.31. The molecule has 1 aliphatic rings. The summed E-state index contributed by atoms with van der Waals surface area (Å²) < 4.78 is 0. The van der Waals surface area contributed by atoms with Crippen LogP contribution < -0.4 is 10.3 Å². The van der Waals surface area contributed by atoms with Crippen LogP contribution in [0.4, 0.5) is 0 Å². The van der Waals surface area contributed by atoms with Crippen molar-refractivity contribution < 1.29 is 9.90 Å². The highest BCUT2D eigenvalue weighted by Gasteiger charge is 2.15. The average Bonchev–Trinajstić information content (AvgIpc) is 2.14. The van der Waals surface area contributed by atoms with E-state index in [0.717, 1.165) is 5.75 Å². The Balaban J connectivity index is 2.42. The zero-order valence-electron chi connectivity index (χ0n) is 7.03. The standard InChI is InChI=1S/C7H12N2O2S2/c10-7(11)6-3-1-2-4-12-13-9-8-5-6/h1-2,6,8-9H,3-5H2,(H,10,11)/b2-1+. The van der Waals surface area contributed by atoms with Gasteiger partial charge in [0.15, 0.2) is 0 Å². The van der Waals surface area contributed by atoms with Crippen molar-refractivity contribution in [2.75, 3.05) is 12.3 Å². The van der Waals surface area contributed by atoms with Crippen molar-refractivity contribution in [2.45, 2.75) is 6.42 Å². The van der Waals surface area contributed by atoms with Crippen LogP contribution in [0.3, 0.4) is 0 Å². The van der Waals surface area contributed by atoms with Crippen molar-refractivity contribution in [3.05, 3.63) is 12.2 Å². The van der Waals surface area contributed by atoms with Gasteiger partial charge in [0.25, 0.3) is 0 Å². The molecule has 0 radical (unpaired) electrons. The summed E-state index contributed by atoms with van der Waals surface area (Å²) in [6, 6.07) is 0. The summed E-state index contributed by atoms with van der Waals surface area (Å²) in [4.78, 5) is 13.6. The van der Waals surface area contributed by atoms with Gasteiger partial charge < -0.3 is 5.11 Å². The Labute approximate surface area is 85.0 Å². The van der Waals surface area contributed by atoms with Crippen LogP contribution in [0.25, 0.3) is 0 Å². The van der Waals surface area contributed by atoms with Gasteiger partial charge in [0.2, 0.25) is 0 Å². The molecule has 0 amide bonds. The van der Waals surface area contributed by atoms with Gasteiger partial charge in [-0.25, -0.2) is 5.43 Å². The van der Waals surface area contributed by atoms with Gasteiger partial charge in [-0.05, 0) is 6.42 Å². The van der Waals surface area contributed by atoms with Crippen molar-refractivity contribution in [1.29, 1.82) is 0 Å². The summed E-state index contributed by atoms with van der Waals surface area (Å²) in [5.41, 5.74) is 2.86. The molecule has 0 spiro atoms. The summed E-state index contributed by atoms with van der Waals surface area (Å²) in [7, 11) is 3.15. The fraction of sp³-hybridized carbons (Fsp3) is 0.571. The van der Waals surface area contributed by atoms with E-state index in [9.17, 15) is 4.79 Å². The van der Waals surface area contributed by atoms with Crippen LogP contribution in [-0.2, 0) is 4.79 Å². The number of hydrazine groups is 1. The number of hydrogen-bond acceptors (Lipinski definition) is 5. The van der Waals surface area contributed by atoms with E-state index in [2.05, 4.69) is 10.3 Å². The molecule has 1 heterocycles. The fourth-order valence-corrected chi connectivity index (χ4v) is 2.17. The minimum absolute atomic E-state index is 0.340. The number of nitrogens with one attached hydrogen (secondary N) is 2. The second-order valence-electron chi connectivity index (χ2n) is 2.59. The van der Waals surface area contributed by atoms with E-state index in [1.807, 2.05) is 12.2 Å². The van der Waals surface area contributed by atoms with Crippen molar-refractivity contribution in [2.24, 2.45) is 5.92 Å². The van der Waals surface area contributed by atoms with Crippen LogP contribution in [0.5, 0.6) is 0 Å². The molecule has 0 bridgehead atoms. The number of allylic oxidation sites excluding steroid dienone is 1. The Morgan fingerprint density at radius 3 is 3.15 bits per heavy atom. The van der Waals surface area contributed by atoms with Gasteiger partial charge in [0.05, 0.1) is 5.92 Å². The molecule has 74 valence electrons.